The van der Waals surface area contributed by atoms with Crippen LogP contribution in [0, 0.1) is 4.77 Å². The minimum absolute atomic E-state index is 0.256. The van der Waals surface area contributed by atoms with E-state index < -0.39 is 0 Å². The lowest BCUT2D eigenvalue weighted by molar-refractivity contribution is -0.0625. The summed E-state index contributed by atoms with van der Waals surface area (Å²) in [6.45, 7) is 6.63. The number of hydrogen-bond acceptors (Lipinski definition) is 4. The summed E-state index contributed by atoms with van der Waals surface area (Å²) in [7, 11) is 0. The Hall–Kier alpha value is -1.50. The van der Waals surface area contributed by atoms with Gasteiger partial charge in [-0.15, -0.1) is 0 Å². The summed E-state index contributed by atoms with van der Waals surface area (Å²) in [4.78, 5) is 2.35. The molecule has 5 nitrogen and oxygen atoms in total. The molecule has 0 saturated carbocycles. The van der Waals surface area contributed by atoms with Gasteiger partial charge in [-0.2, -0.15) is 5.10 Å². The van der Waals surface area contributed by atoms with Crippen molar-refractivity contribution in [1.82, 2.24) is 19.2 Å². The largest absolute Gasteiger partial charge is 0.376 e. The molecule has 1 aromatic carbocycles. The molecule has 6 heteroatoms. The van der Waals surface area contributed by atoms with Crippen molar-refractivity contribution in [2.45, 2.75) is 32.7 Å². The van der Waals surface area contributed by atoms with Crippen molar-refractivity contribution in [3.05, 3.63) is 41.4 Å². The molecule has 0 aliphatic carbocycles. The first-order chi connectivity index (χ1) is 10.1. The van der Waals surface area contributed by atoms with E-state index in [2.05, 4.69) is 23.8 Å². The Morgan fingerprint density at radius 3 is 2.81 bits per heavy atom. The van der Waals surface area contributed by atoms with Gasteiger partial charge in [0.25, 0.3) is 0 Å². The monoisotopic (exact) mass is 304 g/mol. The summed E-state index contributed by atoms with van der Waals surface area (Å²) in [5.41, 5.74) is 1.04. The van der Waals surface area contributed by atoms with Crippen LogP contribution in [0.5, 0.6) is 0 Å². The number of rotatable bonds is 3. The molecule has 112 valence electrons. The molecule has 0 radical (unpaired) electrons. The average Bonchev–Trinajstić information content (AvgIpc) is 2.85. The molecule has 1 aliphatic heterocycles. The van der Waals surface area contributed by atoms with Gasteiger partial charge in [0.1, 0.15) is 6.33 Å². The van der Waals surface area contributed by atoms with E-state index in [1.807, 2.05) is 39.6 Å². The Labute approximate surface area is 129 Å². The average molecular weight is 304 g/mol. The number of hydrogen-bond donors (Lipinski definition) is 0. The molecule has 3 rings (SSSR count). The highest BCUT2D eigenvalue weighted by molar-refractivity contribution is 7.71. The van der Waals surface area contributed by atoms with Crippen LogP contribution in [-0.4, -0.2) is 44.5 Å². The molecule has 1 fully saturated rings. The summed E-state index contributed by atoms with van der Waals surface area (Å²) >= 11 is 5.55. The maximum Gasteiger partial charge on any atom is 0.203 e. The van der Waals surface area contributed by atoms with Crippen LogP contribution >= 0.6 is 12.2 Å². The number of ether oxygens (including phenoxy) is 1. The van der Waals surface area contributed by atoms with Crippen LogP contribution in [0.15, 0.2) is 36.7 Å². The van der Waals surface area contributed by atoms with E-state index in [0.29, 0.717) is 17.5 Å². The second-order valence-electron chi connectivity index (χ2n) is 5.52. The molecule has 21 heavy (non-hydrogen) atoms. The molecule has 2 aromatic rings. The molecule has 1 saturated heterocycles. The van der Waals surface area contributed by atoms with Crippen LogP contribution in [0.25, 0.3) is 5.69 Å². The van der Waals surface area contributed by atoms with Crippen LogP contribution in [0.4, 0.5) is 0 Å². The summed E-state index contributed by atoms with van der Waals surface area (Å²) < 4.78 is 10.2. The number of morpholine rings is 1. The third kappa shape index (κ3) is 3.07. The Balaban J connectivity index is 1.81. The van der Waals surface area contributed by atoms with Crippen LogP contribution < -0.4 is 0 Å². The Morgan fingerprint density at radius 1 is 1.29 bits per heavy atom. The zero-order valence-corrected chi connectivity index (χ0v) is 13.2. The number of nitrogens with zero attached hydrogens (tertiary/aromatic N) is 4. The fourth-order valence-corrected chi connectivity index (χ4v) is 2.80. The predicted molar refractivity (Wildman–Crippen MR) is 84.0 cm³/mol. The van der Waals surface area contributed by atoms with E-state index in [0.717, 1.165) is 18.8 Å². The van der Waals surface area contributed by atoms with Crippen LogP contribution in [0.3, 0.4) is 0 Å². The van der Waals surface area contributed by atoms with Gasteiger partial charge in [0, 0.05) is 18.3 Å². The van der Waals surface area contributed by atoms with Gasteiger partial charge < -0.3 is 4.74 Å². The lowest BCUT2D eigenvalue weighted by Gasteiger charge is -2.36. The molecule has 0 spiro atoms. The van der Waals surface area contributed by atoms with E-state index in [4.69, 9.17) is 17.0 Å². The van der Waals surface area contributed by atoms with Crippen molar-refractivity contribution in [2.75, 3.05) is 13.2 Å². The van der Waals surface area contributed by atoms with Crippen LogP contribution in [0.2, 0.25) is 0 Å². The van der Waals surface area contributed by atoms with Crippen LogP contribution in [-0.2, 0) is 11.4 Å². The van der Waals surface area contributed by atoms with Gasteiger partial charge in [0.15, 0.2) is 0 Å². The summed E-state index contributed by atoms with van der Waals surface area (Å²) in [6.07, 6.45) is 2.04. The van der Waals surface area contributed by atoms with Gasteiger partial charge in [-0.1, -0.05) is 18.2 Å². The quantitative estimate of drug-likeness (QED) is 0.816. The fraction of sp³-hybridized carbons (Fsp3) is 0.467. The number of aromatic nitrogens is 3. The zero-order chi connectivity index (χ0) is 14.8. The normalized spacial score (nSPS) is 23.3. The number of benzene rings is 1. The molecule has 1 aromatic heterocycles. The maximum absolute atomic E-state index is 5.66. The highest BCUT2D eigenvalue weighted by Crippen LogP contribution is 2.13. The van der Waals surface area contributed by atoms with Gasteiger partial charge in [0.2, 0.25) is 4.77 Å². The fourth-order valence-electron chi connectivity index (χ4n) is 2.54. The number of para-hydroxylation sites is 1. The summed E-state index contributed by atoms with van der Waals surface area (Å²) in [5.74, 6) is 0. The molecule has 0 bridgehead atoms. The molecular formula is C15H20N4OS. The molecule has 2 unspecified atom stereocenters. The second kappa shape index (κ2) is 6.09. The van der Waals surface area contributed by atoms with Crippen molar-refractivity contribution in [3.63, 3.8) is 0 Å². The van der Waals surface area contributed by atoms with Gasteiger partial charge >= 0.3 is 0 Å². The third-order valence-electron chi connectivity index (χ3n) is 3.82. The van der Waals surface area contributed by atoms with Crippen molar-refractivity contribution in [2.24, 2.45) is 0 Å². The Kier molecular flexibility index (Phi) is 4.19. The lowest BCUT2D eigenvalue weighted by Crippen LogP contribution is -2.47. The third-order valence-corrected chi connectivity index (χ3v) is 4.23. The smallest absolute Gasteiger partial charge is 0.203 e. The molecule has 0 N–H and O–H groups in total. The topological polar surface area (TPSA) is 35.2 Å². The van der Waals surface area contributed by atoms with Crippen molar-refractivity contribution in [1.29, 1.82) is 0 Å². The molecule has 2 atom stereocenters. The van der Waals surface area contributed by atoms with Crippen molar-refractivity contribution >= 4 is 12.2 Å². The Bertz CT molecular complexity index is 651. The highest BCUT2D eigenvalue weighted by Gasteiger charge is 2.24. The molecular weight excluding hydrogens is 284 g/mol. The van der Waals surface area contributed by atoms with E-state index in [-0.39, 0.29) is 6.10 Å². The first kappa shape index (κ1) is 14.4. The highest BCUT2D eigenvalue weighted by atomic mass is 32.1. The summed E-state index contributed by atoms with van der Waals surface area (Å²) in [6, 6.07) is 10.4. The van der Waals surface area contributed by atoms with Gasteiger partial charge in [-0.05, 0) is 38.2 Å². The summed E-state index contributed by atoms with van der Waals surface area (Å²) in [5, 5.41) is 4.44. The standard InChI is InChI=1S/C15H20N4OS/c1-12-9-20-13(2)8-17(12)11-19-15(21)18(10-16-19)14-6-4-3-5-7-14/h3-7,10,12-13H,8-9,11H2,1-2H3. The zero-order valence-electron chi connectivity index (χ0n) is 12.3. The Morgan fingerprint density at radius 2 is 2.05 bits per heavy atom. The van der Waals surface area contributed by atoms with Crippen molar-refractivity contribution in [3.8, 4) is 5.69 Å². The first-order valence-electron chi connectivity index (χ1n) is 7.20. The van der Waals surface area contributed by atoms with Crippen LogP contribution in [0.1, 0.15) is 13.8 Å². The molecule has 1 aliphatic rings. The minimum Gasteiger partial charge on any atom is -0.376 e. The predicted octanol–water partition coefficient (Wildman–Crippen LogP) is 2.47. The second-order valence-corrected chi connectivity index (χ2v) is 5.89. The SMILES string of the molecule is CC1CN(Cn2ncn(-c3ccccc3)c2=S)C(C)CO1. The van der Waals surface area contributed by atoms with E-state index >= 15 is 0 Å². The maximum atomic E-state index is 5.66. The minimum atomic E-state index is 0.256. The van der Waals surface area contributed by atoms with Crippen molar-refractivity contribution < 1.29 is 4.74 Å². The van der Waals surface area contributed by atoms with Gasteiger partial charge in [-0.25, -0.2) is 4.68 Å². The van der Waals surface area contributed by atoms with E-state index in [1.165, 1.54) is 0 Å². The molecule has 2 heterocycles. The van der Waals surface area contributed by atoms with Gasteiger partial charge in [-0.3, -0.25) is 9.47 Å². The van der Waals surface area contributed by atoms with E-state index in [9.17, 15) is 0 Å². The van der Waals surface area contributed by atoms with Gasteiger partial charge in [0.05, 0.1) is 19.4 Å². The van der Waals surface area contributed by atoms with E-state index in [1.54, 1.807) is 6.33 Å². The lowest BCUT2D eigenvalue weighted by atomic mass is 10.2. The first-order valence-corrected chi connectivity index (χ1v) is 7.61. The molecule has 0 amide bonds.